The molecule has 2 heterocycles. The highest BCUT2D eigenvalue weighted by molar-refractivity contribution is 5.67. The summed E-state index contributed by atoms with van der Waals surface area (Å²) in [4.78, 5) is 12.8. The molecule has 2 rings (SSSR count). The Labute approximate surface area is 90.2 Å². The standard InChI is InChI=1S/C11H19NO3/c1-11(7-15-8-11)2-3-12-5-9(6-12)4-10(13)14/h9H,2-8H2,1H3,(H,13,14). The predicted molar refractivity (Wildman–Crippen MR) is 55.7 cm³/mol. The van der Waals surface area contributed by atoms with Crippen molar-refractivity contribution in [2.24, 2.45) is 11.3 Å². The zero-order valence-electron chi connectivity index (χ0n) is 9.24. The summed E-state index contributed by atoms with van der Waals surface area (Å²) >= 11 is 0. The van der Waals surface area contributed by atoms with Crippen molar-refractivity contribution in [3.63, 3.8) is 0 Å². The van der Waals surface area contributed by atoms with E-state index in [0.717, 1.165) is 32.8 Å². The molecule has 4 heteroatoms. The van der Waals surface area contributed by atoms with Gasteiger partial charge in [-0.2, -0.15) is 0 Å². The number of hydrogen-bond acceptors (Lipinski definition) is 3. The molecule has 0 aromatic rings. The van der Waals surface area contributed by atoms with Crippen molar-refractivity contribution in [2.75, 3.05) is 32.8 Å². The number of rotatable bonds is 5. The highest BCUT2D eigenvalue weighted by atomic mass is 16.5. The second kappa shape index (κ2) is 4.10. The number of hydrogen-bond donors (Lipinski definition) is 1. The van der Waals surface area contributed by atoms with Gasteiger partial charge in [-0.25, -0.2) is 0 Å². The molecule has 2 aliphatic heterocycles. The molecule has 0 unspecified atom stereocenters. The molecule has 0 bridgehead atoms. The Bertz CT molecular complexity index is 244. The van der Waals surface area contributed by atoms with Gasteiger partial charge >= 0.3 is 5.97 Å². The summed E-state index contributed by atoms with van der Waals surface area (Å²) in [6, 6.07) is 0. The van der Waals surface area contributed by atoms with Gasteiger partial charge in [0.1, 0.15) is 0 Å². The number of carboxylic acid groups (broad SMARTS) is 1. The van der Waals surface area contributed by atoms with Crippen LogP contribution in [0.1, 0.15) is 19.8 Å². The summed E-state index contributed by atoms with van der Waals surface area (Å²) in [5.74, 6) is -0.285. The largest absolute Gasteiger partial charge is 0.481 e. The van der Waals surface area contributed by atoms with Crippen molar-refractivity contribution in [1.29, 1.82) is 0 Å². The molecule has 4 nitrogen and oxygen atoms in total. The summed E-state index contributed by atoms with van der Waals surface area (Å²) in [6.45, 7) is 7.05. The minimum Gasteiger partial charge on any atom is -0.481 e. The molecule has 2 aliphatic rings. The maximum atomic E-state index is 10.4. The normalized spacial score (nSPS) is 25.7. The van der Waals surface area contributed by atoms with Gasteiger partial charge in [0.05, 0.1) is 19.6 Å². The Morgan fingerprint density at radius 1 is 1.53 bits per heavy atom. The van der Waals surface area contributed by atoms with Gasteiger partial charge in [0.15, 0.2) is 0 Å². The van der Waals surface area contributed by atoms with Crippen LogP contribution >= 0.6 is 0 Å². The number of nitrogens with zero attached hydrogens (tertiary/aromatic N) is 1. The molecule has 0 spiro atoms. The molecule has 0 aliphatic carbocycles. The molecular formula is C11H19NO3. The first-order valence-electron chi connectivity index (χ1n) is 5.59. The molecule has 0 atom stereocenters. The van der Waals surface area contributed by atoms with Crippen LogP contribution in [-0.4, -0.2) is 48.8 Å². The lowest BCUT2D eigenvalue weighted by atomic mass is 9.84. The Kier molecular flexibility index (Phi) is 2.98. The van der Waals surface area contributed by atoms with Crippen LogP contribution in [0.15, 0.2) is 0 Å². The first-order valence-corrected chi connectivity index (χ1v) is 5.59. The second-order valence-electron chi connectivity index (χ2n) is 5.28. The summed E-state index contributed by atoms with van der Waals surface area (Å²) in [7, 11) is 0. The van der Waals surface area contributed by atoms with Crippen LogP contribution < -0.4 is 0 Å². The molecule has 0 amide bonds. The van der Waals surface area contributed by atoms with Gasteiger partial charge in [-0.15, -0.1) is 0 Å². The van der Waals surface area contributed by atoms with Crippen LogP contribution in [0.3, 0.4) is 0 Å². The van der Waals surface area contributed by atoms with Crippen molar-refractivity contribution in [2.45, 2.75) is 19.8 Å². The van der Waals surface area contributed by atoms with Crippen molar-refractivity contribution < 1.29 is 14.6 Å². The Morgan fingerprint density at radius 3 is 2.67 bits per heavy atom. The Balaban J connectivity index is 1.57. The first-order chi connectivity index (χ1) is 7.07. The van der Waals surface area contributed by atoms with E-state index in [1.54, 1.807) is 0 Å². The third kappa shape index (κ3) is 2.69. The smallest absolute Gasteiger partial charge is 0.303 e. The minimum atomic E-state index is -0.668. The average molecular weight is 213 g/mol. The van der Waals surface area contributed by atoms with Crippen LogP contribution in [0.5, 0.6) is 0 Å². The molecule has 0 aromatic carbocycles. The molecule has 0 saturated carbocycles. The Morgan fingerprint density at radius 2 is 2.20 bits per heavy atom. The van der Waals surface area contributed by atoms with Crippen molar-refractivity contribution in [1.82, 2.24) is 4.90 Å². The summed E-state index contributed by atoms with van der Waals surface area (Å²) in [6.07, 6.45) is 1.50. The van der Waals surface area contributed by atoms with Crippen LogP contribution in [-0.2, 0) is 9.53 Å². The van der Waals surface area contributed by atoms with Crippen molar-refractivity contribution in [3.05, 3.63) is 0 Å². The predicted octanol–water partition coefficient (Wildman–Crippen LogP) is 0.820. The number of likely N-dealkylation sites (tertiary alicyclic amines) is 1. The molecule has 2 fully saturated rings. The molecular weight excluding hydrogens is 194 g/mol. The van der Waals surface area contributed by atoms with Crippen molar-refractivity contribution >= 4 is 5.97 Å². The van der Waals surface area contributed by atoms with E-state index < -0.39 is 5.97 Å². The van der Waals surface area contributed by atoms with Crippen LogP contribution in [0.25, 0.3) is 0 Å². The highest BCUT2D eigenvalue weighted by Crippen LogP contribution is 2.31. The zero-order valence-corrected chi connectivity index (χ0v) is 9.24. The summed E-state index contributed by atoms with van der Waals surface area (Å²) in [5.41, 5.74) is 0.387. The summed E-state index contributed by atoms with van der Waals surface area (Å²) in [5, 5.41) is 8.61. The second-order valence-corrected chi connectivity index (χ2v) is 5.28. The summed E-state index contributed by atoms with van der Waals surface area (Å²) < 4.78 is 5.20. The third-order valence-electron chi connectivity index (χ3n) is 3.43. The van der Waals surface area contributed by atoms with Gasteiger partial charge in [-0.3, -0.25) is 4.79 Å². The lowest BCUT2D eigenvalue weighted by Crippen LogP contribution is -2.50. The molecule has 0 radical (unpaired) electrons. The van der Waals surface area contributed by atoms with Crippen LogP contribution in [0, 0.1) is 11.3 Å². The fourth-order valence-electron chi connectivity index (χ4n) is 2.26. The fraction of sp³-hybridized carbons (Fsp3) is 0.909. The average Bonchev–Trinajstić information content (AvgIpc) is 2.05. The Hall–Kier alpha value is -0.610. The van der Waals surface area contributed by atoms with E-state index >= 15 is 0 Å². The molecule has 0 aromatic heterocycles. The van der Waals surface area contributed by atoms with Gasteiger partial charge in [-0.1, -0.05) is 6.92 Å². The lowest BCUT2D eigenvalue weighted by molar-refractivity contribution is -0.140. The van der Waals surface area contributed by atoms with Gasteiger partial charge in [0.25, 0.3) is 0 Å². The maximum Gasteiger partial charge on any atom is 0.303 e. The highest BCUT2D eigenvalue weighted by Gasteiger charge is 2.35. The fourth-order valence-corrected chi connectivity index (χ4v) is 2.26. The van der Waals surface area contributed by atoms with E-state index in [4.69, 9.17) is 9.84 Å². The maximum absolute atomic E-state index is 10.4. The van der Waals surface area contributed by atoms with Gasteiger partial charge in [0, 0.05) is 18.5 Å². The number of aliphatic carboxylic acids is 1. The van der Waals surface area contributed by atoms with E-state index in [1.165, 1.54) is 6.42 Å². The van der Waals surface area contributed by atoms with Gasteiger partial charge in [-0.05, 0) is 18.9 Å². The molecule has 2 saturated heterocycles. The topological polar surface area (TPSA) is 49.8 Å². The molecule has 15 heavy (non-hydrogen) atoms. The number of carboxylic acids is 1. The molecule has 86 valence electrons. The van der Waals surface area contributed by atoms with Gasteiger partial charge < -0.3 is 14.7 Å². The van der Waals surface area contributed by atoms with E-state index in [-0.39, 0.29) is 0 Å². The minimum absolute atomic E-state index is 0.330. The SMILES string of the molecule is CC1(CCN2CC(CC(=O)O)C2)COC1. The quantitative estimate of drug-likeness (QED) is 0.734. The van der Waals surface area contributed by atoms with E-state index in [1.807, 2.05) is 0 Å². The van der Waals surface area contributed by atoms with Gasteiger partial charge in [0.2, 0.25) is 0 Å². The third-order valence-corrected chi connectivity index (χ3v) is 3.43. The lowest BCUT2D eigenvalue weighted by Gasteiger charge is -2.43. The molecule has 1 N–H and O–H groups in total. The van der Waals surface area contributed by atoms with E-state index in [0.29, 0.717) is 17.8 Å². The number of ether oxygens (including phenoxy) is 1. The first kappa shape index (κ1) is 10.9. The van der Waals surface area contributed by atoms with Crippen LogP contribution in [0.2, 0.25) is 0 Å². The van der Waals surface area contributed by atoms with E-state index in [2.05, 4.69) is 11.8 Å². The van der Waals surface area contributed by atoms with Crippen LogP contribution in [0.4, 0.5) is 0 Å². The zero-order chi connectivity index (χ0) is 10.9. The number of carbonyl (C=O) groups is 1. The van der Waals surface area contributed by atoms with E-state index in [9.17, 15) is 4.79 Å². The van der Waals surface area contributed by atoms with Crippen molar-refractivity contribution in [3.8, 4) is 0 Å². The monoisotopic (exact) mass is 213 g/mol.